The van der Waals surface area contributed by atoms with Gasteiger partial charge in [0, 0.05) is 0 Å². The van der Waals surface area contributed by atoms with Gasteiger partial charge in [0.15, 0.2) is 0 Å². The average molecular weight is 536 g/mol. The van der Waals surface area contributed by atoms with E-state index >= 15 is 0 Å². The second kappa shape index (κ2) is 9.93. The SMILES string of the molecule is Cc1ccc(/C=N/N2CC(=O)N([C@]3(C(=O)O)CN4C(=O)[C@@H](NC(=O)Cc5ccccc5)[C@H]4S3)CC2=O)cc1. The van der Waals surface area contributed by atoms with Crippen LogP contribution in [-0.2, 0) is 30.4 Å². The van der Waals surface area contributed by atoms with Crippen molar-refractivity contribution in [1.29, 1.82) is 0 Å². The zero-order valence-corrected chi connectivity index (χ0v) is 21.3. The summed E-state index contributed by atoms with van der Waals surface area (Å²) in [5.74, 6) is -3.26. The van der Waals surface area contributed by atoms with Gasteiger partial charge < -0.3 is 20.2 Å². The number of amides is 4. The third-order valence-electron chi connectivity index (χ3n) is 6.73. The van der Waals surface area contributed by atoms with E-state index in [-0.39, 0.29) is 18.9 Å². The summed E-state index contributed by atoms with van der Waals surface area (Å²) in [7, 11) is 0. The lowest BCUT2D eigenvalue weighted by Crippen LogP contribution is -2.68. The van der Waals surface area contributed by atoms with Crippen LogP contribution in [0.25, 0.3) is 0 Å². The molecule has 3 saturated heterocycles. The highest BCUT2D eigenvalue weighted by atomic mass is 32.2. The number of β-lactam (4-membered cyclic amide) rings is 1. The Morgan fingerprint density at radius 1 is 1.08 bits per heavy atom. The van der Waals surface area contributed by atoms with Gasteiger partial charge >= 0.3 is 5.97 Å². The summed E-state index contributed by atoms with van der Waals surface area (Å²) in [5.41, 5.74) is 2.59. The van der Waals surface area contributed by atoms with Gasteiger partial charge in [0.25, 0.3) is 5.91 Å². The number of carboxylic acids is 1. The number of aryl methyl sites for hydroxylation is 1. The molecule has 0 spiro atoms. The fraction of sp³-hybridized carbons (Fsp3) is 0.308. The predicted octanol–water partition coefficient (Wildman–Crippen LogP) is 0.423. The molecule has 196 valence electrons. The minimum Gasteiger partial charge on any atom is -0.479 e. The van der Waals surface area contributed by atoms with Gasteiger partial charge in [0.1, 0.15) is 24.5 Å². The fourth-order valence-electron chi connectivity index (χ4n) is 4.64. The van der Waals surface area contributed by atoms with Crippen LogP contribution < -0.4 is 5.32 Å². The largest absolute Gasteiger partial charge is 0.479 e. The molecule has 2 aromatic rings. The molecule has 3 aliphatic heterocycles. The summed E-state index contributed by atoms with van der Waals surface area (Å²) >= 11 is 0.888. The zero-order chi connectivity index (χ0) is 27.0. The highest BCUT2D eigenvalue weighted by molar-refractivity contribution is 8.02. The molecule has 3 aliphatic rings. The van der Waals surface area contributed by atoms with Crippen LogP contribution in [0.4, 0.5) is 0 Å². The number of carboxylic acid groups (broad SMARTS) is 1. The number of piperazine rings is 1. The summed E-state index contributed by atoms with van der Waals surface area (Å²) in [6.07, 6.45) is 1.54. The molecule has 4 amide bonds. The number of nitrogens with zero attached hydrogens (tertiary/aromatic N) is 4. The van der Waals surface area contributed by atoms with Crippen molar-refractivity contribution in [2.45, 2.75) is 29.6 Å². The van der Waals surface area contributed by atoms with E-state index in [4.69, 9.17) is 0 Å². The van der Waals surface area contributed by atoms with Crippen molar-refractivity contribution in [3.8, 4) is 0 Å². The molecule has 2 aromatic carbocycles. The topological polar surface area (TPSA) is 140 Å². The first kappa shape index (κ1) is 25.5. The van der Waals surface area contributed by atoms with Gasteiger partial charge in [-0.15, -0.1) is 0 Å². The number of hydrazone groups is 1. The van der Waals surface area contributed by atoms with Gasteiger partial charge in [0.05, 0.1) is 19.2 Å². The van der Waals surface area contributed by atoms with Crippen molar-refractivity contribution in [1.82, 2.24) is 20.1 Å². The lowest BCUT2D eigenvalue weighted by molar-refractivity contribution is -0.163. The lowest BCUT2D eigenvalue weighted by Gasteiger charge is -2.41. The first-order valence-corrected chi connectivity index (χ1v) is 12.8. The molecule has 12 heteroatoms. The van der Waals surface area contributed by atoms with E-state index in [1.807, 2.05) is 37.3 Å². The van der Waals surface area contributed by atoms with Gasteiger partial charge in [-0.05, 0) is 18.1 Å². The molecule has 5 rings (SSSR count). The smallest absolute Gasteiger partial charge is 0.342 e. The highest BCUT2D eigenvalue weighted by Gasteiger charge is 2.66. The van der Waals surface area contributed by atoms with Crippen LogP contribution in [0.15, 0.2) is 59.7 Å². The Morgan fingerprint density at radius 3 is 2.47 bits per heavy atom. The minimum absolute atomic E-state index is 0.0735. The predicted molar refractivity (Wildman–Crippen MR) is 138 cm³/mol. The Balaban J connectivity index is 1.27. The molecule has 2 N–H and O–H groups in total. The van der Waals surface area contributed by atoms with E-state index in [9.17, 15) is 29.1 Å². The number of rotatable bonds is 7. The van der Waals surface area contributed by atoms with E-state index < -0.39 is 53.1 Å². The zero-order valence-electron chi connectivity index (χ0n) is 20.4. The first-order valence-electron chi connectivity index (χ1n) is 11.9. The first-order chi connectivity index (χ1) is 18.2. The Kier molecular flexibility index (Phi) is 6.66. The third-order valence-corrected chi connectivity index (χ3v) is 8.41. The Labute approximate surface area is 222 Å². The van der Waals surface area contributed by atoms with E-state index in [0.29, 0.717) is 0 Å². The van der Waals surface area contributed by atoms with E-state index in [2.05, 4.69) is 10.4 Å². The maximum absolute atomic E-state index is 13.1. The summed E-state index contributed by atoms with van der Waals surface area (Å²) in [6.45, 7) is 0.738. The number of hydrogen-bond donors (Lipinski definition) is 2. The molecule has 0 bridgehead atoms. The Hall–Kier alpha value is -4.19. The van der Waals surface area contributed by atoms with Crippen LogP contribution in [0.1, 0.15) is 16.7 Å². The summed E-state index contributed by atoms with van der Waals surface area (Å²) in [5, 5.41) is 17.3. The molecule has 11 nitrogen and oxygen atoms in total. The summed E-state index contributed by atoms with van der Waals surface area (Å²) in [4.78, 5) is 64.2. The molecule has 38 heavy (non-hydrogen) atoms. The van der Waals surface area contributed by atoms with E-state index in [0.717, 1.165) is 38.4 Å². The van der Waals surface area contributed by atoms with Gasteiger partial charge in [0.2, 0.25) is 22.6 Å². The number of nitrogens with one attached hydrogen (secondary N) is 1. The van der Waals surface area contributed by atoms with Gasteiger partial charge in [-0.3, -0.25) is 19.2 Å². The summed E-state index contributed by atoms with van der Waals surface area (Å²) < 4.78 is 0. The quantitative estimate of drug-likeness (QED) is 0.387. The van der Waals surface area contributed by atoms with E-state index in [1.54, 1.807) is 24.3 Å². The number of hydrogen-bond acceptors (Lipinski definition) is 7. The molecule has 3 heterocycles. The van der Waals surface area contributed by atoms with Crippen LogP contribution in [0.5, 0.6) is 0 Å². The molecule has 0 aliphatic carbocycles. The van der Waals surface area contributed by atoms with Crippen LogP contribution in [0.2, 0.25) is 0 Å². The van der Waals surface area contributed by atoms with Crippen LogP contribution in [-0.4, -0.2) is 91.6 Å². The van der Waals surface area contributed by atoms with Crippen molar-refractivity contribution >= 4 is 47.6 Å². The van der Waals surface area contributed by atoms with Crippen molar-refractivity contribution < 1.29 is 29.1 Å². The second-order valence-corrected chi connectivity index (χ2v) is 10.8. The normalized spacial score (nSPS) is 25.0. The van der Waals surface area contributed by atoms with Gasteiger partial charge in [-0.1, -0.05) is 71.9 Å². The Bertz CT molecular complexity index is 1330. The van der Waals surface area contributed by atoms with Gasteiger partial charge in [-0.2, -0.15) is 5.10 Å². The molecular formula is C26H25N5O6S. The number of thioether (sulfide) groups is 1. The standard InChI is InChI=1S/C26H25N5O6S/c1-16-7-9-18(10-8-16)12-27-31-14-20(33)30(13-21(31)34)26(25(36)37)15-29-23(35)22(24(29)38-26)28-19(32)11-17-5-3-2-4-6-17/h2-10,12,22,24H,11,13-15H2,1H3,(H,28,32)(H,36,37)/b27-12+/t22-,24-,26-/m1/s1. The molecule has 0 saturated carbocycles. The van der Waals surface area contributed by atoms with Crippen LogP contribution >= 0.6 is 11.8 Å². The van der Waals surface area contributed by atoms with Gasteiger partial charge in [-0.25, -0.2) is 9.80 Å². The third kappa shape index (κ3) is 4.62. The number of carbonyl (C=O) groups excluding carboxylic acids is 4. The monoisotopic (exact) mass is 535 g/mol. The van der Waals surface area contributed by atoms with Crippen molar-refractivity contribution in [2.75, 3.05) is 19.6 Å². The van der Waals surface area contributed by atoms with E-state index in [1.165, 1.54) is 11.1 Å². The number of aliphatic carboxylic acids is 1. The second-order valence-electron chi connectivity index (χ2n) is 9.36. The molecule has 0 radical (unpaired) electrons. The fourth-order valence-corrected chi connectivity index (χ4v) is 6.28. The average Bonchev–Trinajstić information content (AvgIpc) is 3.27. The Morgan fingerprint density at radius 2 is 1.79 bits per heavy atom. The maximum Gasteiger partial charge on any atom is 0.342 e. The maximum atomic E-state index is 13.1. The van der Waals surface area contributed by atoms with Crippen molar-refractivity contribution in [2.24, 2.45) is 5.10 Å². The highest BCUT2D eigenvalue weighted by Crippen LogP contribution is 2.49. The molecule has 0 aromatic heterocycles. The molecular weight excluding hydrogens is 510 g/mol. The molecule has 3 atom stereocenters. The van der Waals surface area contributed by atoms with Crippen molar-refractivity contribution in [3.63, 3.8) is 0 Å². The summed E-state index contributed by atoms with van der Waals surface area (Å²) in [6, 6.07) is 15.5. The lowest BCUT2D eigenvalue weighted by atomic mass is 10.0. The molecule has 3 fully saturated rings. The number of fused-ring (bicyclic) bond motifs is 1. The number of benzene rings is 2. The van der Waals surface area contributed by atoms with Crippen LogP contribution in [0.3, 0.4) is 0 Å². The minimum atomic E-state index is -1.85. The number of carbonyl (C=O) groups is 5. The van der Waals surface area contributed by atoms with Crippen LogP contribution in [0, 0.1) is 6.92 Å². The van der Waals surface area contributed by atoms with Crippen molar-refractivity contribution in [3.05, 3.63) is 71.3 Å². The molecule has 0 unspecified atom stereocenters.